The molecule has 112 valence electrons. The van der Waals surface area contributed by atoms with Gasteiger partial charge in [0.05, 0.1) is 6.10 Å². The quantitative estimate of drug-likeness (QED) is 0.861. The summed E-state index contributed by atoms with van der Waals surface area (Å²) in [6.07, 6.45) is 7.75. The molecule has 1 saturated heterocycles. The van der Waals surface area contributed by atoms with E-state index in [1.165, 1.54) is 25.7 Å². The van der Waals surface area contributed by atoms with Crippen LogP contribution in [0.4, 0.5) is 0 Å². The van der Waals surface area contributed by atoms with E-state index in [-0.39, 0.29) is 5.41 Å². The second-order valence-electron chi connectivity index (χ2n) is 8.25. The number of amides is 1. The number of nitrogens with one attached hydrogen (secondary N) is 1. The van der Waals surface area contributed by atoms with Crippen molar-refractivity contribution in [1.82, 2.24) is 5.32 Å². The molecule has 4 fully saturated rings. The third-order valence-electron chi connectivity index (χ3n) is 6.75. The minimum Gasteiger partial charge on any atom is -0.377 e. The first-order valence-corrected chi connectivity index (χ1v) is 8.46. The van der Waals surface area contributed by atoms with E-state index in [2.05, 4.69) is 19.2 Å². The van der Waals surface area contributed by atoms with Crippen LogP contribution in [0.2, 0.25) is 0 Å². The summed E-state index contributed by atoms with van der Waals surface area (Å²) in [5.41, 5.74) is 0.117. The molecular formula is C17H27NO2. The zero-order valence-electron chi connectivity index (χ0n) is 12.7. The molecule has 6 unspecified atom stereocenters. The normalized spacial score (nSPS) is 47.9. The van der Waals surface area contributed by atoms with Crippen LogP contribution in [0, 0.1) is 29.1 Å². The van der Waals surface area contributed by atoms with Gasteiger partial charge < -0.3 is 10.1 Å². The first-order chi connectivity index (χ1) is 9.55. The maximum atomic E-state index is 12.4. The van der Waals surface area contributed by atoms with Gasteiger partial charge in [-0.1, -0.05) is 20.3 Å². The molecule has 4 aliphatic rings. The van der Waals surface area contributed by atoms with Gasteiger partial charge in [0.25, 0.3) is 0 Å². The molecule has 2 bridgehead atoms. The highest BCUT2D eigenvalue weighted by molar-refractivity contribution is 5.77. The van der Waals surface area contributed by atoms with Gasteiger partial charge in [-0.15, -0.1) is 0 Å². The summed E-state index contributed by atoms with van der Waals surface area (Å²) in [7, 11) is 0. The minimum absolute atomic E-state index is 0.117. The van der Waals surface area contributed by atoms with Gasteiger partial charge in [0.15, 0.2) is 0 Å². The Morgan fingerprint density at radius 2 is 2.10 bits per heavy atom. The fourth-order valence-electron chi connectivity index (χ4n) is 5.71. The molecule has 6 atom stereocenters. The standard InChI is InChI=1S/C17H27NO2/c1-17(2)15(13-5-6-20-16(13)17)18-14(19)9-12-8-10-3-4-11(12)7-10/h10-13,15-16H,3-9H2,1-2H3,(H,18,19). The fraction of sp³-hybridized carbons (Fsp3) is 0.941. The molecule has 1 amide bonds. The Balaban J connectivity index is 1.34. The van der Waals surface area contributed by atoms with Gasteiger partial charge in [-0.3, -0.25) is 4.79 Å². The van der Waals surface area contributed by atoms with Crippen molar-refractivity contribution in [2.45, 2.75) is 64.5 Å². The van der Waals surface area contributed by atoms with E-state index in [0.29, 0.717) is 29.9 Å². The lowest BCUT2D eigenvalue weighted by molar-refractivity contribution is -0.138. The van der Waals surface area contributed by atoms with Crippen LogP contribution >= 0.6 is 0 Å². The van der Waals surface area contributed by atoms with Crippen LogP contribution in [0.3, 0.4) is 0 Å². The number of rotatable bonds is 3. The summed E-state index contributed by atoms with van der Waals surface area (Å²) in [6, 6.07) is 0.334. The number of carbonyl (C=O) groups excluding carboxylic acids is 1. The second-order valence-corrected chi connectivity index (χ2v) is 8.25. The fourth-order valence-corrected chi connectivity index (χ4v) is 5.71. The van der Waals surface area contributed by atoms with E-state index in [1.807, 2.05) is 0 Å². The average Bonchev–Trinajstić information content (AvgIpc) is 3.11. The molecule has 3 saturated carbocycles. The predicted molar refractivity (Wildman–Crippen MR) is 77.1 cm³/mol. The topological polar surface area (TPSA) is 38.3 Å². The number of hydrogen-bond donors (Lipinski definition) is 1. The van der Waals surface area contributed by atoms with Crippen LogP contribution in [-0.2, 0) is 9.53 Å². The lowest BCUT2D eigenvalue weighted by Crippen LogP contribution is -2.66. The van der Waals surface area contributed by atoms with Gasteiger partial charge in [0.1, 0.15) is 0 Å². The highest BCUT2D eigenvalue weighted by Crippen LogP contribution is 2.53. The Labute approximate surface area is 121 Å². The molecule has 1 aliphatic heterocycles. The number of ether oxygens (including phenoxy) is 1. The summed E-state index contributed by atoms with van der Waals surface area (Å²) in [4.78, 5) is 12.4. The minimum atomic E-state index is 0.117. The Hall–Kier alpha value is -0.570. The van der Waals surface area contributed by atoms with Crippen molar-refractivity contribution in [3.05, 3.63) is 0 Å². The Bertz CT molecular complexity index is 419. The molecule has 0 radical (unpaired) electrons. The maximum absolute atomic E-state index is 12.4. The Morgan fingerprint density at radius 3 is 2.80 bits per heavy atom. The van der Waals surface area contributed by atoms with Crippen LogP contribution in [-0.4, -0.2) is 24.7 Å². The number of carbonyl (C=O) groups is 1. The molecule has 3 nitrogen and oxygen atoms in total. The summed E-state index contributed by atoms with van der Waals surface area (Å²) >= 11 is 0. The molecule has 0 aromatic rings. The first kappa shape index (κ1) is 13.1. The smallest absolute Gasteiger partial charge is 0.220 e. The molecule has 20 heavy (non-hydrogen) atoms. The van der Waals surface area contributed by atoms with Gasteiger partial charge in [0, 0.05) is 30.4 Å². The molecule has 0 spiro atoms. The first-order valence-electron chi connectivity index (χ1n) is 8.46. The van der Waals surface area contributed by atoms with Gasteiger partial charge in [-0.2, -0.15) is 0 Å². The van der Waals surface area contributed by atoms with Crippen LogP contribution in [0.1, 0.15) is 52.4 Å². The van der Waals surface area contributed by atoms with Crippen LogP contribution in [0.25, 0.3) is 0 Å². The molecule has 1 N–H and O–H groups in total. The Kier molecular flexibility index (Phi) is 2.93. The van der Waals surface area contributed by atoms with Crippen LogP contribution < -0.4 is 5.32 Å². The van der Waals surface area contributed by atoms with Gasteiger partial charge in [-0.05, 0) is 43.4 Å². The lowest BCUT2D eigenvalue weighted by Gasteiger charge is -2.54. The van der Waals surface area contributed by atoms with Crippen molar-refractivity contribution >= 4 is 5.91 Å². The zero-order valence-corrected chi connectivity index (χ0v) is 12.7. The van der Waals surface area contributed by atoms with E-state index < -0.39 is 0 Å². The number of hydrogen-bond acceptors (Lipinski definition) is 2. The highest BCUT2D eigenvalue weighted by atomic mass is 16.5. The van der Waals surface area contributed by atoms with Crippen molar-refractivity contribution in [3.63, 3.8) is 0 Å². The van der Waals surface area contributed by atoms with Gasteiger partial charge >= 0.3 is 0 Å². The summed E-state index contributed by atoms with van der Waals surface area (Å²) < 4.78 is 5.80. The highest BCUT2D eigenvalue weighted by Gasteiger charge is 2.59. The summed E-state index contributed by atoms with van der Waals surface area (Å²) in [6.45, 7) is 5.35. The van der Waals surface area contributed by atoms with Crippen molar-refractivity contribution in [2.24, 2.45) is 29.1 Å². The molecule has 4 rings (SSSR count). The monoisotopic (exact) mass is 277 g/mol. The molecule has 0 aromatic heterocycles. The van der Waals surface area contributed by atoms with Crippen molar-refractivity contribution in [1.29, 1.82) is 0 Å². The van der Waals surface area contributed by atoms with Gasteiger partial charge in [0.2, 0.25) is 5.91 Å². The molecule has 1 heterocycles. The largest absolute Gasteiger partial charge is 0.377 e. The maximum Gasteiger partial charge on any atom is 0.220 e. The molecule has 0 aromatic carbocycles. The van der Waals surface area contributed by atoms with Crippen molar-refractivity contribution < 1.29 is 9.53 Å². The van der Waals surface area contributed by atoms with Crippen molar-refractivity contribution in [2.75, 3.05) is 6.61 Å². The van der Waals surface area contributed by atoms with E-state index >= 15 is 0 Å². The van der Waals surface area contributed by atoms with E-state index in [0.717, 1.165) is 31.3 Å². The Morgan fingerprint density at radius 1 is 1.25 bits per heavy atom. The van der Waals surface area contributed by atoms with Crippen LogP contribution in [0.15, 0.2) is 0 Å². The SMILES string of the molecule is CC1(C)C(NC(=O)CC2CC3CCC2C3)C2CCOC21. The van der Waals surface area contributed by atoms with E-state index in [9.17, 15) is 4.79 Å². The second kappa shape index (κ2) is 4.46. The molecular weight excluding hydrogens is 250 g/mol. The van der Waals surface area contributed by atoms with E-state index in [1.54, 1.807) is 0 Å². The molecule has 3 aliphatic carbocycles. The third kappa shape index (κ3) is 1.85. The lowest BCUT2D eigenvalue weighted by atomic mass is 9.57. The predicted octanol–water partition coefficient (Wildman–Crippen LogP) is 2.74. The molecule has 3 heteroatoms. The third-order valence-corrected chi connectivity index (χ3v) is 6.75. The van der Waals surface area contributed by atoms with Gasteiger partial charge in [-0.25, -0.2) is 0 Å². The number of fused-ring (bicyclic) bond motifs is 3. The van der Waals surface area contributed by atoms with E-state index in [4.69, 9.17) is 4.74 Å². The summed E-state index contributed by atoms with van der Waals surface area (Å²) in [5.74, 6) is 3.32. The zero-order chi connectivity index (χ0) is 13.9. The van der Waals surface area contributed by atoms with Crippen LogP contribution in [0.5, 0.6) is 0 Å². The van der Waals surface area contributed by atoms with Crippen molar-refractivity contribution in [3.8, 4) is 0 Å². The average molecular weight is 277 g/mol. The summed E-state index contributed by atoms with van der Waals surface area (Å²) in [5, 5.41) is 3.35.